The van der Waals surface area contributed by atoms with E-state index in [-0.39, 0.29) is 22.1 Å². The van der Waals surface area contributed by atoms with Gasteiger partial charge in [-0.25, -0.2) is 13.2 Å². The highest BCUT2D eigenvalue weighted by Crippen LogP contribution is 2.26. The molecule has 0 saturated carbocycles. The molecule has 6 nitrogen and oxygen atoms in total. The van der Waals surface area contributed by atoms with Crippen LogP contribution in [0.3, 0.4) is 0 Å². The highest BCUT2D eigenvalue weighted by atomic mass is 32.2. The second-order valence-corrected chi connectivity index (χ2v) is 8.87. The number of esters is 1. The number of amides is 1. The van der Waals surface area contributed by atoms with Crippen molar-refractivity contribution in [3.63, 3.8) is 0 Å². The van der Waals surface area contributed by atoms with Gasteiger partial charge in [0.15, 0.2) is 9.84 Å². The van der Waals surface area contributed by atoms with Gasteiger partial charge in [-0.2, -0.15) is 0 Å². The molecule has 7 heteroatoms. The van der Waals surface area contributed by atoms with Crippen LogP contribution >= 0.6 is 0 Å². The lowest BCUT2D eigenvalue weighted by molar-refractivity contribution is -0.140. The molecule has 1 atom stereocenters. The molecule has 0 spiro atoms. The van der Waals surface area contributed by atoms with E-state index in [1.165, 1.54) is 19.1 Å². The minimum absolute atomic E-state index is 0.0560. The molecule has 1 aliphatic rings. The van der Waals surface area contributed by atoms with Crippen LogP contribution in [0.5, 0.6) is 0 Å². The fourth-order valence-electron chi connectivity index (χ4n) is 3.22. The molecule has 28 heavy (non-hydrogen) atoms. The van der Waals surface area contributed by atoms with Gasteiger partial charge in [0.25, 0.3) is 5.91 Å². The zero-order valence-electron chi connectivity index (χ0n) is 15.7. The van der Waals surface area contributed by atoms with E-state index in [0.29, 0.717) is 18.7 Å². The van der Waals surface area contributed by atoms with Gasteiger partial charge >= 0.3 is 5.97 Å². The third kappa shape index (κ3) is 4.25. The van der Waals surface area contributed by atoms with Crippen molar-refractivity contribution in [3.05, 3.63) is 65.7 Å². The Kier molecular flexibility index (Phi) is 6.14. The molecule has 1 heterocycles. The molecular weight excluding hydrogens is 378 g/mol. The van der Waals surface area contributed by atoms with Crippen molar-refractivity contribution in [3.8, 4) is 0 Å². The summed E-state index contributed by atoms with van der Waals surface area (Å²) in [5.74, 6) is -1.24. The lowest BCUT2D eigenvalue weighted by Crippen LogP contribution is -2.35. The monoisotopic (exact) mass is 401 g/mol. The zero-order chi connectivity index (χ0) is 20.1. The Morgan fingerprint density at radius 2 is 1.61 bits per heavy atom. The van der Waals surface area contributed by atoms with Gasteiger partial charge in [-0.1, -0.05) is 49.4 Å². The molecule has 0 bridgehead atoms. The molecule has 0 unspecified atom stereocenters. The van der Waals surface area contributed by atoms with E-state index in [1.807, 2.05) is 6.07 Å². The maximum Gasteiger partial charge on any atom is 0.340 e. The second-order valence-electron chi connectivity index (χ2n) is 6.63. The van der Waals surface area contributed by atoms with E-state index in [4.69, 9.17) is 4.74 Å². The Labute approximate surface area is 165 Å². The number of benzene rings is 2. The molecular formula is C21H23NO5S. The fourth-order valence-corrected chi connectivity index (χ4v) is 4.31. The van der Waals surface area contributed by atoms with Crippen LogP contribution in [-0.4, -0.2) is 44.0 Å². The normalized spacial score (nSPS) is 15.2. The van der Waals surface area contributed by atoms with Crippen molar-refractivity contribution in [1.82, 2.24) is 4.90 Å². The average molecular weight is 401 g/mol. The number of ether oxygens (including phenoxy) is 1. The standard InChI is InChI=1S/C21H23NO5S/c1-2-28(25,26)18-13-7-6-12-17(18)21(24)27-19(16-10-4-3-5-11-16)20(23)22-14-8-9-15-22/h3-7,10-13,19H,2,8-9,14-15H2,1H3/t19-/m0/s1. The average Bonchev–Trinajstić information content (AvgIpc) is 3.27. The van der Waals surface area contributed by atoms with Crippen LogP contribution in [0.25, 0.3) is 0 Å². The summed E-state index contributed by atoms with van der Waals surface area (Å²) < 4.78 is 30.3. The quantitative estimate of drug-likeness (QED) is 0.695. The first-order valence-corrected chi connectivity index (χ1v) is 11.0. The molecule has 0 aromatic heterocycles. The van der Waals surface area contributed by atoms with Crippen LogP contribution in [0.1, 0.15) is 41.8 Å². The number of nitrogens with zero attached hydrogens (tertiary/aromatic N) is 1. The SMILES string of the molecule is CCS(=O)(=O)c1ccccc1C(=O)O[C@H](C(=O)N1CCCC1)c1ccccc1. The number of rotatable bonds is 6. The van der Waals surface area contributed by atoms with E-state index in [0.717, 1.165) is 12.8 Å². The highest BCUT2D eigenvalue weighted by molar-refractivity contribution is 7.91. The zero-order valence-corrected chi connectivity index (χ0v) is 16.5. The second kappa shape index (κ2) is 8.56. The van der Waals surface area contributed by atoms with Gasteiger partial charge in [-0.15, -0.1) is 0 Å². The molecule has 1 fully saturated rings. The molecule has 0 N–H and O–H groups in total. The molecule has 2 aromatic rings. The Bertz CT molecular complexity index is 950. The Balaban J connectivity index is 1.94. The van der Waals surface area contributed by atoms with Gasteiger partial charge < -0.3 is 9.64 Å². The first kappa shape index (κ1) is 20.1. The number of hydrogen-bond donors (Lipinski definition) is 0. The molecule has 0 aliphatic carbocycles. The minimum atomic E-state index is -3.61. The van der Waals surface area contributed by atoms with E-state index in [9.17, 15) is 18.0 Å². The Morgan fingerprint density at radius 1 is 1.00 bits per heavy atom. The van der Waals surface area contributed by atoms with Crippen LogP contribution in [0, 0.1) is 0 Å². The Hall–Kier alpha value is -2.67. The van der Waals surface area contributed by atoms with Crippen molar-refractivity contribution in [2.24, 2.45) is 0 Å². The summed E-state index contributed by atoms with van der Waals surface area (Å²) in [5.41, 5.74) is 0.503. The van der Waals surface area contributed by atoms with Crippen LogP contribution in [0.4, 0.5) is 0 Å². The summed E-state index contributed by atoms with van der Waals surface area (Å²) in [6.45, 7) is 2.77. The van der Waals surface area contributed by atoms with Crippen molar-refractivity contribution in [1.29, 1.82) is 0 Å². The third-order valence-electron chi connectivity index (χ3n) is 4.79. The predicted octanol–water partition coefficient (Wildman–Crippen LogP) is 3.00. The van der Waals surface area contributed by atoms with Crippen LogP contribution in [-0.2, 0) is 19.4 Å². The lowest BCUT2D eigenvalue weighted by atomic mass is 10.1. The summed E-state index contributed by atoms with van der Waals surface area (Å²) in [6, 6.07) is 14.7. The molecule has 1 aliphatic heterocycles. The first-order chi connectivity index (χ1) is 13.4. The van der Waals surface area contributed by atoms with E-state index < -0.39 is 21.9 Å². The highest BCUT2D eigenvalue weighted by Gasteiger charge is 2.32. The van der Waals surface area contributed by atoms with Gasteiger partial charge in [0.2, 0.25) is 6.10 Å². The largest absolute Gasteiger partial charge is 0.444 e. The van der Waals surface area contributed by atoms with Crippen molar-refractivity contribution in [2.75, 3.05) is 18.8 Å². The van der Waals surface area contributed by atoms with E-state index >= 15 is 0 Å². The van der Waals surface area contributed by atoms with E-state index in [2.05, 4.69) is 0 Å². The van der Waals surface area contributed by atoms with Crippen LogP contribution in [0.2, 0.25) is 0 Å². The van der Waals surface area contributed by atoms with Crippen molar-refractivity contribution >= 4 is 21.7 Å². The minimum Gasteiger partial charge on any atom is -0.444 e. The summed E-state index contributed by atoms with van der Waals surface area (Å²) in [7, 11) is -3.61. The topological polar surface area (TPSA) is 80.7 Å². The maximum atomic E-state index is 13.0. The number of carbonyl (C=O) groups is 2. The number of sulfone groups is 1. The van der Waals surface area contributed by atoms with Crippen molar-refractivity contribution in [2.45, 2.75) is 30.8 Å². The first-order valence-electron chi connectivity index (χ1n) is 9.30. The molecule has 148 valence electrons. The van der Waals surface area contributed by atoms with Gasteiger partial charge in [-0.05, 0) is 25.0 Å². The fraction of sp³-hybridized carbons (Fsp3) is 0.333. The smallest absolute Gasteiger partial charge is 0.340 e. The number of likely N-dealkylation sites (tertiary alicyclic amines) is 1. The Morgan fingerprint density at radius 3 is 2.25 bits per heavy atom. The van der Waals surface area contributed by atoms with Gasteiger partial charge in [0, 0.05) is 18.7 Å². The third-order valence-corrected chi connectivity index (χ3v) is 6.58. The van der Waals surface area contributed by atoms with Crippen molar-refractivity contribution < 1.29 is 22.7 Å². The summed E-state index contributed by atoms with van der Waals surface area (Å²) in [4.78, 5) is 27.5. The van der Waals surface area contributed by atoms with E-state index in [1.54, 1.807) is 41.3 Å². The van der Waals surface area contributed by atoms with Gasteiger partial charge in [0.05, 0.1) is 16.2 Å². The lowest BCUT2D eigenvalue weighted by Gasteiger charge is -2.24. The molecule has 1 amide bonds. The van der Waals surface area contributed by atoms with Gasteiger partial charge in [-0.3, -0.25) is 4.79 Å². The summed E-state index contributed by atoms with van der Waals surface area (Å²) in [5, 5.41) is 0. The number of carbonyl (C=O) groups excluding carboxylic acids is 2. The van der Waals surface area contributed by atoms with Crippen LogP contribution in [0.15, 0.2) is 59.5 Å². The number of hydrogen-bond acceptors (Lipinski definition) is 5. The summed E-state index contributed by atoms with van der Waals surface area (Å²) >= 11 is 0. The van der Waals surface area contributed by atoms with Gasteiger partial charge in [0.1, 0.15) is 0 Å². The molecule has 0 radical (unpaired) electrons. The van der Waals surface area contributed by atoms with Crippen LogP contribution < -0.4 is 0 Å². The predicted molar refractivity (Wildman–Crippen MR) is 105 cm³/mol. The molecule has 2 aromatic carbocycles. The molecule has 3 rings (SSSR count). The summed E-state index contributed by atoms with van der Waals surface area (Å²) in [6.07, 6.45) is 0.724. The molecule has 1 saturated heterocycles. The maximum absolute atomic E-state index is 13.0.